The lowest BCUT2D eigenvalue weighted by atomic mass is 9.97. The number of unbranched alkanes of at least 4 members (excludes halogenated alkanes) is 7. The van der Waals surface area contributed by atoms with Crippen LogP contribution in [0.2, 0.25) is 0 Å². The Labute approximate surface area is 196 Å². The molecular formula is C29H34O4. The molecule has 174 valence electrons. The third-order valence-corrected chi connectivity index (χ3v) is 5.83. The van der Waals surface area contributed by atoms with Gasteiger partial charge in [-0.3, -0.25) is 0 Å². The van der Waals surface area contributed by atoms with Crippen LogP contribution in [0, 0.1) is 0 Å². The molecule has 0 unspecified atom stereocenters. The van der Waals surface area contributed by atoms with E-state index in [0.29, 0.717) is 24.4 Å². The maximum absolute atomic E-state index is 13.0. The average molecular weight is 447 g/mol. The maximum Gasteiger partial charge on any atom is 0.339 e. The van der Waals surface area contributed by atoms with Crippen molar-refractivity contribution in [2.75, 3.05) is 13.2 Å². The molecule has 0 heterocycles. The van der Waals surface area contributed by atoms with Crippen molar-refractivity contribution in [3.05, 3.63) is 72.3 Å². The van der Waals surface area contributed by atoms with Crippen LogP contribution < -0.4 is 0 Å². The SMILES string of the molecule is C=C(C)C(=O)OCCCCCCCCCCOC(=O)c1c2ccccc2cc2ccccc12. The number of carbonyl (C=O) groups excluding carboxylic acids is 2. The van der Waals surface area contributed by atoms with Gasteiger partial charge in [0.05, 0.1) is 18.8 Å². The highest BCUT2D eigenvalue weighted by Crippen LogP contribution is 2.29. The fraction of sp³-hybridized carbons (Fsp3) is 0.379. The lowest BCUT2D eigenvalue weighted by Crippen LogP contribution is -2.08. The molecule has 0 N–H and O–H groups in total. The van der Waals surface area contributed by atoms with Crippen molar-refractivity contribution in [2.24, 2.45) is 0 Å². The largest absolute Gasteiger partial charge is 0.462 e. The van der Waals surface area contributed by atoms with Crippen molar-refractivity contribution in [3.8, 4) is 0 Å². The third kappa shape index (κ3) is 7.18. The number of hydrogen-bond acceptors (Lipinski definition) is 4. The molecule has 3 rings (SSSR count). The fourth-order valence-corrected chi connectivity index (χ4v) is 4.02. The molecule has 33 heavy (non-hydrogen) atoms. The molecule has 0 amide bonds. The van der Waals surface area contributed by atoms with Crippen molar-refractivity contribution in [1.29, 1.82) is 0 Å². The van der Waals surface area contributed by atoms with E-state index in [9.17, 15) is 9.59 Å². The Morgan fingerprint density at radius 2 is 1.15 bits per heavy atom. The van der Waals surface area contributed by atoms with Gasteiger partial charge in [0, 0.05) is 5.57 Å². The van der Waals surface area contributed by atoms with Gasteiger partial charge in [0.1, 0.15) is 0 Å². The molecule has 4 heteroatoms. The van der Waals surface area contributed by atoms with Gasteiger partial charge < -0.3 is 9.47 Å². The molecule has 0 bridgehead atoms. The van der Waals surface area contributed by atoms with Crippen LogP contribution in [0.5, 0.6) is 0 Å². The van der Waals surface area contributed by atoms with Crippen LogP contribution in [0.25, 0.3) is 21.5 Å². The van der Waals surface area contributed by atoms with Crippen molar-refractivity contribution >= 4 is 33.5 Å². The van der Waals surface area contributed by atoms with Crippen LogP contribution >= 0.6 is 0 Å². The molecule has 4 nitrogen and oxygen atoms in total. The van der Waals surface area contributed by atoms with Crippen LogP contribution in [0.3, 0.4) is 0 Å². The minimum atomic E-state index is -0.302. The molecule has 3 aromatic carbocycles. The van der Waals surface area contributed by atoms with E-state index in [2.05, 4.69) is 12.6 Å². The highest BCUT2D eigenvalue weighted by atomic mass is 16.5. The van der Waals surface area contributed by atoms with Crippen molar-refractivity contribution < 1.29 is 19.1 Å². The van der Waals surface area contributed by atoms with E-state index in [4.69, 9.17) is 9.47 Å². The highest BCUT2D eigenvalue weighted by molar-refractivity contribution is 6.16. The van der Waals surface area contributed by atoms with E-state index in [1.807, 2.05) is 48.5 Å². The number of hydrogen-bond donors (Lipinski definition) is 0. The van der Waals surface area contributed by atoms with Gasteiger partial charge in [0.2, 0.25) is 0 Å². The van der Waals surface area contributed by atoms with Crippen LogP contribution in [-0.4, -0.2) is 25.2 Å². The van der Waals surface area contributed by atoms with Gasteiger partial charge >= 0.3 is 11.9 Å². The summed E-state index contributed by atoms with van der Waals surface area (Å²) in [6, 6.07) is 18.1. The van der Waals surface area contributed by atoms with E-state index < -0.39 is 0 Å². The summed E-state index contributed by atoms with van der Waals surface area (Å²) >= 11 is 0. The summed E-state index contributed by atoms with van der Waals surface area (Å²) in [6.45, 7) is 6.16. The minimum absolute atomic E-state index is 0.240. The second-order valence-electron chi connectivity index (χ2n) is 8.57. The Morgan fingerprint density at radius 3 is 1.67 bits per heavy atom. The van der Waals surface area contributed by atoms with Crippen molar-refractivity contribution in [1.82, 2.24) is 0 Å². The summed E-state index contributed by atoms with van der Waals surface area (Å²) in [5.41, 5.74) is 1.11. The van der Waals surface area contributed by atoms with Gasteiger partial charge in [0.25, 0.3) is 0 Å². The summed E-state index contributed by atoms with van der Waals surface area (Å²) in [5, 5.41) is 3.99. The zero-order valence-corrected chi connectivity index (χ0v) is 19.6. The lowest BCUT2D eigenvalue weighted by Gasteiger charge is -2.11. The molecule has 0 atom stereocenters. The maximum atomic E-state index is 13.0. The summed E-state index contributed by atoms with van der Waals surface area (Å²) in [5.74, 6) is -0.542. The summed E-state index contributed by atoms with van der Waals surface area (Å²) in [6.07, 6.45) is 8.54. The highest BCUT2D eigenvalue weighted by Gasteiger charge is 2.16. The zero-order valence-electron chi connectivity index (χ0n) is 19.6. The third-order valence-electron chi connectivity index (χ3n) is 5.83. The molecule has 0 aromatic heterocycles. The Kier molecular flexibility index (Phi) is 9.49. The van der Waals surface area contributed by atoms with Gasteiger partial charge in [-0.15, -0.1) is 0 Å². The van der Waals surface area contributed by atoms with E-state index in [-0.39, 0.29) is 11.9 Å². The molecular weight excluding hydrogens is 412 g/mol. The monoisotopic (exact) mass is 446 g/mol. The van der Waals surface area contributed by atoms with Gasteiger partial charge in [0.15, 0.2) is 0 Å². The van der Waals surface area contributed by atoms with E-state index in [0.717, 1.165) is 60.1 Å². The fourth-order valence-electron chi connectivity index (χ4n) is 4.02. The number of carbonyl (C=O) groups is 2. The van der Waals surface area contributed by atoms with Gasteiger partial charge in [-0.05, 0) is 47.4 Å². The molecule has 0 aliphatic carbocycles. The average Bonchev–Trinajstić information content (AvgIpc) is 2.82. The first-order chi connectivity index (χ1) is 16.1. The summed E-state index contributed by atoms with van der Waals surface area (Å²) in [4.78, 5) is 24.2. The Balaban J connectivity index is 1.34. The van der Waals surface area contributed by atoms with E-state index in [1.54, 1.807) is 6.92 Å². The summed E-state index contributed by atoms with van der Waals surface area (Å²) < 4.78 is 10.8. The quantitative estimate of drug-likeness (QED) is 0.119. The predicted molar refractivity (Wildman–Crippen MR) is 134 cm³/mol. The van der Waals surface area contributed by atoms with Crippen LogP contribution in [0.15, 0.2) is 66.7 Å². The Bertz CT molecular complexity index is 1050. The first-order valence-corrected chi connectivity index (χ1v) is 12.0. The predicted octanol–water partition coefficient (Wildman–Crippen LogP) is 7.39. The molecule has 0 saturated carbocycles. The Morgan fingerprint density at radius 1 is 0.697 bits per heavy atom. The Hall–Kier alpha value is -3.14. The first-order valence-electron chi connectivity index (χ1n) is 12.0. The normalized spacial score (nSPS) is 10.9. The van der Waals surface area contributed by atoms with Gasteiger partial charge in [-0.25, -0.2) is 9.59 Å². The molecule has 3 aromatic rings. The number of benzene rings is 3. The van der Waals surface area contributed by atoms with Gasteiger partial charge in [-0.1, -0.05) is 93.6 Å². The zero-order chi connectivity index (χ0) is 23.5. The first kappa shape index (κ1) is 24.5. The minimum Gasteiger partial charge on any atom is -0.462 e. The van der Waals surface area contributed by atoms with Crippen LogP contribution in [-0.2, 0) is 14.3 Å². The molecule has 0 aliphatic heterocycles. The molecule has 0 fully saturated rings. The second kappa shape index (κ2) is 12.8. The molecule has 0 aliphatic rings. The van der Waals surface area contributed by atoms with Crippen molar-refractivity contribution in [2.45, 2.75) is 58.3 Å². The standard InChI is InChI=1S/C29H34O4/c1-22(2)28(30)32-19-13-7-5-3-4-6-8-14-20-33-29(31)27-25-17-11-9-15-23(25)21-24-16-10-12-18-26(24)27/h9-12,15-18,21H,1,3-8,13-14,19-20H2,2H3. The van der Waals surface area contributed by atoms with E-state index >= 15 is 0 Å². The van der Waals surface area contributed by atoms with Crippen LogP contribution in [0.4, 0.5) is 0 Å². The van der Waals surface area contributed by atoms with Crippen molar-refractivity contribution in [3.63, 3.8) is 0 Å². The molecule has 0 radical (unpaired) electrons. The van der Waals surface area contributed by atoms with E-state index in [1.165, 1.54) is 12.8 Å². The molecule has 0 saturated heterocycles. The number of esters is 2. The lowest BCUT2D eigenvalue weighted by molar-refractivity contribution is -0.139. The van der Waals surface area contributed by atoms with Crippen LogP contribution in [0.1, 0.15) is 68.6 Å². The second-order valence-corrected chi connectivity index (χ2v) is 8.57. The number of ether oxygens (including phenoxy) is 2. The van der Waals surface area contributed by atoms with Gasteiger partial charge in [-0.2, -0.15) is 0 Å². The summed E-state index contributed by atoms with van der Waals surface area (Å²) in [7, 11) is 0. The topological polar surface area (TPSA) is 52.6 Å². The number of fused-ring (bicyclic) bond motifs is 2. The molecule has 0 spiro atoms. The number of rotatable bonds is 13. The smallest absolute Gasteiger partial charge is 0.339 e.